The highest BCUT2D eigenvalue weighted by molar-refractivity contribution is 7.80. The molecule has 20 heavy (non-hydrogen) atoms. The number of nitrogens with two attached hydrogens (primary N) is 1. The monoisotopic (exact) mass is 296 g/mol. The first-order valence-corrected chi connectivity index (χ1v) is 6.76. The number of benzene rings is 1. The van der Waals surface area contributed by atoms with Gasteiger partial charge in [-0.1, -0.05) is 24.4 Å². The Balaban J connectivity index is 2.57. The minimum Gasteiger partial charge on any atom is -0.484 e. The summed E-state index contributed by atoms with van der Waals surface area (Å²) in [6, 6.07) is 7.16. The fraction of sp³-hybridized carbons (Fsp3) is 0.429. The van der Waals surface area contributed by atoms with E-state index in [4.69, 9.17) is 27.4 Å². The molecule has 110 valence electrons. The van der Waals surface area contributed by atoms with Gasteiger partial charge in [-0.15, -0.1) is 0 Å². The molecule has 0 spiro atoms. The van der Waals surface area contributed by atoms with Crippen molar-refractivity contribution in [2.24, 2.45) is 5.73 Å². The normalized spacial score (nSPS) is 11.7. The Kier molecular flexibility index (Phi) is 6.97. The van der Waals surface area contributed by atoms with Gasteiger partial charge in [0.1, 0.15) is 17.3 Å². The van der Waals surface area contributed by atoms with E-state index in [1.165, 1.54) is 0 Å². The second kappa shape index (κ2) is 8.50. The predicted molar refractivity (Wildman–Crippen MR) is 83.1 cm³/mol. The Morgan fingerprint density at radius 1 is 1.45 bits per heavy atom. The molecule has 0 radical (unpaired) electrons. The molecular weight excluding hydrogens is 276 g/mol. The van der Waals surface area contributed by atoms with Gasteiger partial charge in [-0.3, -0.25) is 4.79 Å². The predicted octanol–water partition coefficient (Wildman–Crippen LogP) is 2.11. The molecule has 0 aliphatic carbocycles. The number of hydrogen-bond acceptors (Lipinski definition) is 4. The molecule has 1 amide bonds. The van der Waals surface area contributed by atoms with Gasteiger partial charge >= 0.3 is 0 Å². The van der Waals surface area contributed by atoms with Gasteiger partial charge in [-0.05, 0) is 25.5 Å². The largest absolute Gasteiger partial charge is 0.484 e. The number of anilines is 1. The first-order chi connectivity index (χ1) is 9.52. The van der Waals surface area contributed by atoms with Gasteiger partial charge < -0.3 is 20.5 Å². The molecule has 1 aromatic rings. The van der Waals surface area contributed by atoms with Gasteiger partial charge in [0.2, 0.25) is 5.91 Å². The number of carbonyl (C=O) groups excluding carboxylic acids is 1. The molecule has 5 nitrogen and oxygen atoms in total. The highest BCUT2D eigenvalue weighted by Crippen LogP contribution is 2.24. The zero-order chi connectivity index (χ0) is 15.0. The molecule has 1 aromatic carbocycles. The summed E-state index contributed by atoms with van der Waals surface area (Å²) in [6.45, 7) is 2.06. The number of thiocarbonyl (C=S) groups is 1. The summed E-state index contributed by atoms with van der Waals surface area (Å²) in [5, 5.41) is 2.81. The molecule has 0 fully saturated rings. The van der Waals surface area contributed by atoms with Crippen LogP contribution < -0.4 is 15.8 Å². The molecule has 0 aliphatic heterocycles. The van der Waals surface area contributed by atoms with E-state index < -0.39 is 0 Å². The lowest BCUT2D eigenvalue weighted by molar-refractivity contribution is -0.116. The Morgan fingerprint density at radius 3 is 2.80 bits per heavy atom. The topological polar surface area (TPSA) is 73.6 Å². The summed E-state index contributed by atoms with van der Waals surface area (Å²) < 4.78 is 10.5. The number of nitrogens with one attached hydrogen (secondary N) is 1. The number of ether oxygens (including phenoxy) is 2. The summed E-state index contributed by atoms with van der Waals surface area (Å²) in [6.07, 6.45) is 1.11. The van der Waals surface area contributed by atoms with Crippen LogP contribution >= 0.6 is 12.2 Å². The van der Waals surface area contributed by atoms with Crippen LogP contribution in [0.4, 0.5) is 5.69 Å². The molecule has 0 saturated heterocycles. The number of para-hydroxylation sites is 2. The molecule has 3 N–H and O–H groups in total. The van der Waals surface area contributed by atoms with E-state index in [-0.39, 0.29) is 23.6 Å². The van der Waals surface area contributed by atoms with E-state index in [0.717, 1.165) is 0 Å². The van der Waals surface area contributed by atoms with Crippen molar-refractivity contribution in [1.29, 1.82) is 0 Å². The fourth-order valence-corrected chi connectivity index (χ4v) is 1.57. The van der Waals surface area contributed by atoms with Crippen LogP contribution in [-0.4, -0.2) is 30.7 Å². The summed E-state index contributed by atoms with van der Waals surface area (Å²) >= 11 is 4.76. The molecule has 0 saturated carbocycles. The van der Waals surface area contributed by atoms with Gasteiger partial charge in [0, 0.05) is 13.5 Å². The molecule has 6 heteroatoms. The maximum atomic E-state index is 11.9. The summed E-state index contributed by atoms with van der Waals surface area (Å²) in [5.74, 6) is 0.466. The summed E-state index contributed by atoms with van der Waals surface area (Å²) in [5.41, 5.74) is 6.00. The second-order valence-electron chi connectivity index (χ2n) is 4.38. The maximum Gasteiger partial charge on any atom is 0.224 e. The molecular formula is C14H20N2O3S. The Labute approximate surface area is 124 Å². The average molecular weight is 296 g/mol. The lowest BCUT2D eigenvalue weighted by Crippen LogP contribution is -2.19. The first-order valence-electron chi connectivity index (χ1n) is 6.35. The van der Waals surface area contributed by atoms with Crippen LogP contribution in [0.25, 0.3) is 0 Å². The van der Waals surface area contributed by atoms with E-state index >= 15 is 0 Å². The van der Waals surface area contributed by atoms with Crippen molar-refractivity contribution in [2.75, 3.05) is 19.0 Å². The Bertz CT molecular complexity index is 465. The molecule has 1 rings (SSSR count). The lowest BCUT2D eigenvalue weighted by Gasteiger charge is -2.13. The molecule has 0 aliphatic rings. The zero-order valence-electron chi connectivity index (χ0n) is 11.7. The van der Waals surface area contributed by atoms with Gasteiger partial charge in [0.05, 0.1) is 11.8 Å². The van der Waals surface area contributed by atoms with Gasteiger partial charge in [0.25, 0.3) is 0 Å². The van der Waals surface area contributed by atoms with E-state index in [0.29, 0.717) is 24.3 Å². The number of methoxy groups -OCH3 is 1. The van der Waals surface area contributed by atoms with Gasteiger partial charge in [-0.2, -0.15) is 0 Å². The highest BCUT2D eigenvalue weighted by Gasteiger charge is 2.09. The minimum absolute atomic E-state index is 0.0573. The van der Waals surface area contributed by atoms with Crippen molar-refractivity contribution in [1.82, 2.24) is 0 Å². The third-order valence-electron chi connectivity index (χ3n) is 2.71. The van der Waals surface area contributed by atoms with Gasteiger partial charge in [0.15, 0.2) is 0 Å². The minimum atomic E-state index is -0.0831. The third-order valence-corrected chi connectivity index (χ3v) is 2.83. The van der Waals surface area contributed by atoms with Crippen molar-refractivity contribution in [3.63, 3.8) is 0 Å². The third kappa shape index (κ3) is 5.99. The Hall–Kier alpha value is -1.66. The zero-order valence-corrected chi connectivity index (χ0v) is 12.5. The first kappa shape index (κ1) is 16.4. The van der Waals surface area contributed by atoms with Crippen molar-refractivity contribution in [2.45, 2.75) is 25.9 Å². The van der Waals surface area contributed by atoms with Crippen LogP contribution in [-0.2, 0) is 9.53 Å². The smallest absolute Gasteiger partial charge is 0.224 e. The molecule has 0 bridgehead atoms. The number of amides is 1. The SMILES string of the molecule is COC(C)CCC(=O)Nc1ccccc1OCC(N)=S. The van der Waals surface area contributed by atoms with Crippen LogP contribution in [0.3, 0.4) is 0 Å². The van der Waals surface area contributed by atoms with E-state index in [2.05, 4.69) is 5.32 Å². The van der Waals surface area contributed by atoms with Crippen LogP contribution in [0.2, 0.25) is 0 Å². The van der Waals surface area contributed by atoms with Crippen molar-refractivity contribution in [3.8, 4) is 5.75 Å². The van der Waals surface area contributed by atoms with E-state index in [1.807, 2.05) is 19.1 Å². The molecule has 1 unspecified atom stereocenters. The van der Waals surface area contributed by atoms with Crippen LogP contribution in [0.1, 0.15) is 19.8 Å². The van der Waals surface area contributed by atoms with Crippen molar-refractivity contribution in [3.05, 3.63) is 24.3 Å². The summed E-state index contributed by atoms with van der Waals surface area (Å²) in [4.78, 5) is 12.1. The second-order valence-corrected chi connectivity index (χ2v) is 4.91. The van der Waals surface area contributed by atoms with Gasteiger partial charge in [-0.25, -0.2) is 0 Å². The molecule has 1 atom stereocenters. The number of rotatable bonds is 8. The van der Waals surface area contributed by atoms with E-state index in [9.17, 15) is 4.79 Å². The Morgan fingerprint density at radius 2 is 2.15 bits per heavy atom. The van der Waals surface area contributed by atoms with Crippen molar-refractivity contribution >= 4 is 28.8 Å². The van der Waals surface area contributed by atoms with E-state index in [1.54, 1.807) is 19.2 Å². The van der Waals surface area contributed by atoms with Crippen molar-refractivity contribution < 1.29 is 14.3 Å². The number of hydrogen-bond donors (Lipinski definition) is 2. The molecule has 0 heterocycles. The standard InChI is InChI=1S/C14H20N2O3S/c1-10(18-2)7-8-14(17)16-11-5-3-4-6-12(11)19-9-13(15)20/h3-6,10H,7-9H2,1-2H3,(H2,15,20)(H,16,17). The molecule has 0 aromatic heterocycles. The quantitative estimate of drug-likeness (QED) is 0.719. The fourth-order valence-electron chi connectivity index (χ4n) is 1.51. The van der Waals surface area contributed by atoms with Crippen LogP contribution in [0.15, 0.2) is 24.3 Å². The highest BCUT2D eigenvalue weighted by atomic mass is 32.1. The lowest BCUT2D eigenvalue weighted by atomic mass is 10.2. The average Bonchev–Trinajstić information content (AvgIpc) is 2.43. The number of carbonyl (C=O) groups is 1. The van der Waals surface area contributed by atoms with Crippen LogP contribution in [0, 0.1) is 0 Å². The maximum absolute atomic E-state index is 11.9. The summed E-state index contributed by atoms with van der Waals surface area (Å²) in [7, 11) is 1.63. The van der Waals surface area contributed by atoms with Crippen LogP contribution in [0.5, 0.6) is 5.75 Å².